The van der Waals surface area contributed by atoms with Crippen molar-refractivity contribution in [1.29, 1.82) is 0 Å². The Morgan fingerprint density at radius 1 is 1.53 bits per heavy atom. The molecule has 0 radical (unpaired) electrons. The van der Waals surface area contributed by atoms with Crippen molar-refractivity contribution >= 4 is 5.97 Å². The van der Waals surface area contributed by atoms with E-state index >= 15 is 0 Å². The van der Waals surface area contributed by atoms with Gasteiger partial charge in [-0.2, -0.15) is 0 Å². The van der Waals surface area contributed by atoms with Gasteiger partial charge >= 0.3 is 5.97 Å². The van der Waals surface area contributed by atoms with Crippen molar-refractivity contribution in [2.75, 3.05) is 26.8 Å². The second kappa shape index (κ2) is 6.54. The Balaban J connectivity index is 1.96. The Morgan fingerprint density at radius 2 is 2.32 bits per heavy atom. The summed E-state index contributed by atoms with van der Waals surface area (Å²) in [5, 5.41) is 8.81. The highest BCUT2D eigenvalue weighted by Gasteiger charge is 2.23. The summed E-state index contributed by atoms with van der Waals surface area (Å²) in [5.74, 6) is 0.0490. The van der Waals surface area contributed by atoms with Gasteiger partial charge in [-0.3, -0.25) is 9.69 Å². The van der Waals surface area contributed by atoms with Crippen LogP contribution in [0.4, 0.5) is 0 Å². The summed E-state index contributed by atoms with van der Waals surface area (Å²) in [5.41, 5.74) is 1.11. The molecule has 0 bridgehead atoms. The maximum absolute atomic E-state index is 10.7. The molecule has 0 saturated carbocycles. The predicted octanol–water partition coefficient (Wildman–Crippen LogP) is 1.37. The topological polar surface area (TPSA) is 59.0 Å². The van der Waals surface area contributed by atoms with Crippen molar-refractivity contribution in [2.24, 2.45) is 0 Å². The van der Waals surface area contributed by atoms with Crippen LogP contribution in [-0.2, 0) is 16.1 Å². The highest BCUT2D eigenvalue weighted by Crippen LogP contribution is 2.20. The standard InChI is InChI=1S/C14H19NO4/c1-18-13-5-3-2-4-11(13)9-15-6-7-19-12(10-15)8-14(16)17/h2-5,12H,6-10H2,1H3,(H,16,17). The van der Waals surface area contributed by atoms with E-state index in [0.717, 1.165) is 24.4 Å². The third kappa shape index (κ3) is 3.94. The average molecular weight is 265 g/mol. The number of carboxylic acids is 1. The van der Waals surface area contributed by atoms with E-state index in [1.807, 2.05) is 24.3 Å². The number of carboxylic acid groups (broad SMARTS) is 1. The van der Waals surface area contributed by atoms with Gasteiger partial charge in [-0.15, -0.1) is 0 Å². The van der Waals surface area contributed by atoms with Crippen molar-refractivity contribution in [2.45, 2.75) is 19.1 Å². The Hall–Kier alpha value is -1.59. The van der Waals surface area contributed by atoms with E-state index < -0.39 is 5.97 Å². The Bertz CT molecular complexity index is 435. The molecule has 1 atom stereocenters. The van der Waals surface area contributed by atoms with Crippen LogP contribution in [0.25, 0.3) is 0 Å². The number of hydrogen-bond donors (Lipinski definition) is 1. The molecule has 1 aromatic rings. The lowest BCUT2D eigenvalue weighted by Gasteiger charge is -2.32. The maximum Gasteiger partial charge on any atom is 0.306 e. The van der Waals surface area contributed by atoms with E-state index in [0.29, 0.717) is 13.2 Å². The normalized spacial score (nSPS) is 20.2. The molecule has 1 aliphatic rings. The number of aliphatic carboxylic acids is 1. The first-order chi connectivity index (χ1) is 9.19. The van der Waals surface area contributed by atoms with E-state index in [-0.39, 0.29) is 12.5 Å². The third-order valence-electron chi connectivity index (χ3n) is 3.21. The van der Waals surface area contributed by atoms with Crippen LogP contribution in [0.1, 0.15) is 12.0 Å². The van der Waals surface area contributed by atoms with Gasteiger partial charge < -0.3 is 14.6 Å². The molecule has 5 heteroatoms. The third-order valence-corrected chi connectivity index (χ3v) is 3.21. The van der Waals surface area contributed by atoms with Gasteiger partial charge in [-0.25, -0.2) is 0 Å². The molecule has 2 rings (SSSR count). The molecular formula is C14H19NO4. The Morgan fingerprint density at radius 3 is 3.05 bits per heavy atom. The number of methoxy groups -OCH3 is 1. The zero-order valence-corrected chi connectivity index (χ0v) is 11.0. The lowest BCUT2D eigenvalue weighted by molar-refractivity contribution is -0.142. The molecule has 5 nitrogen and oxygen atoms in total. The monoisotopic (exact) mass is 265 g/mol. The smallest absolute Gasteiger partial charge is 0.306 e. The molecule has 1 unspecified atom stereocenters. The van der Waals surface area contributed by atoms with Gasteiger partial charge in [-0.1, -0.05) is 18.2 Å². The van der Waals surface area contributed by atoms with Gasteiger partial charge in [0.05, 0.1) is 26.2 Å². The number of carbonyl (C=O) groups is 1. The van der Waals surface area contributed by atoms with Crippen molar-refractivity contribution in [3.05, 3.63) is 29.8 Å². The molecule has 1 aliphatic heterocycles. The van der Waals surface area contributed by atoms with Gasteiger partial charge in [0, 0.05) is 25.2 Å². The van der Waals surface area contributed by atoms with Crippen molar-refractivity contribution in [3.8, 4) is 5.75 Å². The van der Waals surface area contributed by atoms with Crippen LogP contribution < -0.4 is 4.74 Å². The van der Waals surface area contributed by atoms with Crippen molar-refractivity contribution in [1.82, 2.24) is 4.90 Å². The van der Waals surface area contributed by atoms with E-state index in [1.54, 1.807) is 7.11 Å². The number of benzene rings is 1. The average Bonchev–Trinajstić information content (AvgIpc) is 2.39. The molecule has 1 fully saturated rings. The minimum absolute atomic E-state index is 0.0580. The molecule has 19 heavy (non-hydrogen) atoms. The lowest BCUT2D eigenvalue weighted by Crippen LogP contribution is -2.42. The van der Waals surface area contributed by atoms with Gasteiger partial charge in [0.15, 0.2) is 0 Å². The molecule has 1 saturated heterocycles. The predicted molar refractivity (Wildman–Crippen MR) is 70.3 cm³/mol. The van der Waals surface area contributed by atoms with Crippen LogP contribution in [-0.4, -0.2) is 48.9 Å². The number of para-hydroxylation sites is 1. The van der Waals surface area contributed by atoms with Gasteiger partial charge in [0.25, 0.3) is 0 Å². The van der Waals surface area contributed by atoms with Crippen LogP contribution in [0.2, 0.25) is 0 Å². The van der Waals surface area contributed by atoms with E-state index in [9.17, 15) is 4.79 Å². The highest BCUT2D eigenvalue weighted by molar-refractivity contribution is 5.67. The maximum atomic E-state index is 10.7. The summed E-state index contributed by atoms with van der Waals surface area (Å²) in [6.07, 6.45) is -0.163. The zero-order chi connectivity index (χ0) is 13.7. The fourth-order valence-corrected chi connectivity index (χ4v) is 2.32. The second-order valence-electron chi connectivity index (χ2n) is 4.64. The van der Waals surface area contributed by atoms with Gasteiger partial charge in [-0.05, 0) is 6.07 Å². The number of ether oxygens (including phenoxy) is 2. The summed E-state index contributed by atoms with van der Waals surface area (Å²) in [6, 6.07) is 7.88. The quantitative estimate of drug-likeness (QED) is 0.871. The summed E-state index contributed by atoms with van der Waals surface area (Å²) < 4.78 is 10.8. The SMILES string of the molecule is COc1ccccc1CN1CCOC(CC(=O)O)C1. The van der Waals surface area contributed by atoms with Crippen LogP contribution >= 0.6 is 0 Å². The van der Waals surface area contributed by atoms with Crippen LogP contribution in [0, 0.1) is 0 Å². The molecular weight excluding hydrogens is 246 g/mol. The van der Waals surface area contributed by atoms with Crippen molar-refractivity contribution in [3.63, 3.8) is 0 Å². The second-order valence-corrected chi connectivity index (χ2v) is 4.64. The van der Waals surface area contributed by atoms with Crippen LogP contribution in [0.5, 0.6) is 5.75 Å². The van der Waals surface area contributed by atoms with Crippen LogP contribution in [0.3, 0.4) is 0 Å². The fraction of sp³-hybridized carbons (Fsp3) is 0.500. The zero-order valence-electron chi connectivity index (χ0n) is 11.0. The van der Waals surface area contributed by atoms with Crippen molar-refractivity contribution < 1.29 is 19.4 Å². The molecule has 104 valence electrons. The van der Waals surface area contributed by atoms with E-state index in [1.165, 1.54) is 0 Å². The largest absolute Gasteiger partial charge is 0.496 e. The van der Waals surface area contributed by atoms with E-state index in [4.69, 9.17) is 14.6 Å². The fourth-order valence-electron chi connectivity index (χ4n) is 2.32. The molecule has 0 amide bonds. The molecule has 0 spiro atoms. The summed E-state index contributed by atoms with van der Waals surface area (Å²) >= 11 is 0. The summed E-state index contributed by atoms with van der Waals surface area (Å²) in [6.45, 7) is 2.79. The van der Waals surface area contributed by atoms with Crippen LogP contribution in [0.15, 0.2) is 24.3 Å². The lowest BCUT2D eigenvalue weighted by atomic mass is 10.1. The molecule has 1 heterocycles. The number of rotatable bonds is 5. The molecule has 0 aliphatic carbocycles. The Labute approximate surface area is 112 Å². The van der Waals surface area contributed by atoms with Gasteiger partial charge in [0.1, 0.15) is 5.75 Å². The first kappa shape index (κ1) is 13.8. The Kier molecular flexibility index (Phi) is 4.76. The number of hydrogen-bond acceptors (Lipinski definition) is 4. The molecule has 1 N–H and O–H groups in total. The number of morpholine rings is 1. The van der Waals surface area contributed by atoms with E-state index in [2.05, 4.69) is 4.90 Å². The minimum Gasteiger partial charge on any atom is -0.496 e. The molecule has 1 aromatic carbocycles. The first-order valence-corrected chi connectivity index (χ1v) is 6.36. The first-order valence-electron chi connectivity index (χ1n) is 6.36. The highest BCUT2D eigenvalue weighted by atomic mass is 16.5. The summed E-state index contributed by atoms with van der Waals surface area (Å²) in [4.78, 5) is 12.9. The van der Waals surface area contributed by atoms with Gasteiger partial charge in [0.2, 0.25) is 0 Å². The minimum atomic E-state index is -0.816. The number of nitrogens with zero attached hydrogens (tertiary/aromatic N) is 1. The molecule has 0 aromatic heterocycles. The summed E-state index contributed by atoms with van der Waals surface area (Å²) in [7, 11) is 1.66.